The van der Waals surface area contributed by atoms with Crippen LogP contribution in [0.1, 0.15) is 38.5 Å². The van der Waals surface area contributed by atoms with Crippen LogP contribution in [0.15, 0.2) is 28.7 Å². The lowest BCUT2D eigenvalue weighted by atomic mass is 9.94. The maximum atomic E-state index is 12.4. The van der Waals surface area contributed by atoms with Crippen molar-refractivity contribution < 1.29 is 9.59 Å². The Labute approximate surface area is 139 Å². The molecule has 0 spiro atoms. The van der Waals surface area contributed by atoms with Gasteiger partial charge in [0.05, 0.1) is 5.92 Å². The second kappa shape index (κ2) is 6.82. The third kappa shape index (κ3) is 3.51. The Morgan fingerprint density at radius 2 is 2.00 bits per heavy atom. The standard InChI is InChI=1S/C17H21BrN2O2/c18-13-5-4-6-14(10-13)19-17(22)12-9-16(21)20(11-12)15-7-2-1-3-8-15/h4-6,10,12,15H,1-3,7-9,11H2,(H,19,22). The summed E-state index contributed by atoms with van der Waals surface area (Å²) >= 11 is 3.39. The zero-order valence-corrected chi connectivity index (χ0v) is 14.1. The number of amides is 2. The molecule has 1 atom stereocenters. The van der Waals surface area contributed by atoms with Gasteiger partial charge in [0.2, 0.25) is 11.8 Å². The summed E-state index contributed by atoms with van der Waals surface area (Å²) in [6.45, 7) is 0.573. The van der Waals surface area contributed by atoms with Gasteiger partial charge in [-0.05, 0) is 31.0 Å². The fourth-order valence-electron chi connectivity index (χ4n) is 3.46. The number of carbonyl (C=O) groups is 2. The maximum absolute atomic E-state index is 12.4. The molecule has 3 rings (SSSR count). The Morgan fingerprint density at radius 3 is 2.73 bits per heavy atom. The molecule has 1 unspecified atom stereocenters. The van der Waals surface area contributed by atoms with E-state index in [4.69, 9.17) is 0 Å². The normalized spacial score (nSPS) is 22.9. The quantitative estimate of drug-likeness (QED) is 0.890. The Bertz CT molecular complexity index is 570. The van der Waals surface area contributed by atoms with Crippen molar-refractivity contribution in [3.63, 3.8) is 0 Å². The van der Waals surface area contributed by atoms with Crippen molar-refractivity contribution in [3.8, 4) is 0 Å². The molecule has 118 valence electrons. The lowest BCUT2D eigenvalue weighted by molar-refractivity contribution is -0.130. The summed E-state index contributed by atoms with van der Waals surface area (Å²) in [6.07, 6.45) is 6.19. The average molecular weight is 365 g/mol. The van der Waals surface area contributed by atoms with Gasteiger partial charge in [-0.15, -0.1) is 0 Å². The zero-order valence-electron chi connectivity index (χ0n) is 12.6. The van der Waals surface area contributed by atoms with Gasteiger partial charge in [-0.25, -0.2) is 0 Å². The monoisotopic (exact) mass is 364 g/mol. The smallest absolute Gasteiger partial charge is 0.229 e. The topological polar surface area (TPSA) is 49.4 Å². The predicted molar refractivity (Wildman–Crippen MR) is 89.5 cm³/mol. The van der Waals surface area contributed by atoms with Crippen molar-refractivity contribution in [1.82, 2.24) is 4.90 Å². The average Bonchev–Trinajstić information content (AvgIpc) is 2.90. The van der Waals surface area contributed by atoms with Crippen molar-refractivity contribution in [2.45, 2.75) is 44.6 Å². The van der Waals surface area contributed by atoms with Crippen LogP contribution in [0, 0.1) is 5.92 Å². The Morgan fingerprint density at radius 1 is 1.23 bits per heavy atom. The van der Waals surface area contributed by atoms with Crippen LogP contribution in [-0.2, 0) is 9.59 Å². The molecule has 1 saturated carbocycles. The highest BCUT2D eigenvalue weighted by Crippen LogP contribution is 2.29. The minimum atomic E-state index is -0.228. The van der Waals surface area contributed by atoms with Crippen LogP contribution in [-0.4, -0.2) is 29.3 Å². The summed E-state index contributed by atoms with van der Waals surface area (Å²) in [5.74, 6) is -0.139. The van der Waals surface area contributed by atoms with Crippen molar-refractivity contribution >= 4 is 33.4 Å². The van der Waals surface area contributed by atoms with Crippen molar-refractivity contribution in [2.24, 2.45) is 5.92 Å². The van der Waals surface area contributed by atoms with Crippen LogP contribution in [0.25, 0.3) is 0 Å². The summed E-state index contributed by atoms with van der Waals surface area (Å²) in [7, 11) is 0. The summed E-state index contributed by atoms with van der Waals surface area (Å²) in [5, 5.41) is 2.92. The lowest BCUT2D eigenvalue weighted by Gasteiger charge is -2.31. The molecule has 1 aromatic carbocycles. The highest BCUT2D eigenvalue weighted by molar-refractivity contribution is 9.10. The molecule has 0 bridgehead atoms. The number of likely N-dealkylation sites (tertiary alicyclic amines) is 1. The van der Waals surface area contributed by atoms with Gasteiger partial charge in [0.15, 0.2) is 0 Å². The van der Waals surface area contributed by atoms with Crippen LogP contribution >= 0.6 is 15.9 Å². The van der Waals surface area contributed by atoms with E-state index in [9.17, 15) is 9.59 Å². The van der Waals surface area contributed by atoms with Gasteiger partial charge in [0, 0.05) is 29.2 Å². The first-order valence-electron chi connectivity index (χ1n) is 7.99. The van der Waals surface area contributed by atoms with Crippen LogP contribution < -0.4 is 5.32 Å². The number of rotatable bonds is 3. The number of nitrogens with zero attached hydrogens (tertiary/aromatic N) is 1. The molecular weight excluding hydrogens is 344 g/mol. The molecule has 5 heteroatoms. The molecular formula is C17H21BrN2O2. The second-order valence-corrected chi connectivity index (χ2v) is 7.15. The van der Waals surface area contributed by atoms with E-state index in [0.717, 1.165) is 23.0 Å². The van der Waals surface area contributed by atoms with Gasteiger partial charge < -0.3 is 10.2 Å². The Hall–Kier alpha value is -1.36. The third-order valence-electron chi connectivity index (χ3n) is 4.64. The van der Waals surface area contributed by atoms with E-state index in [-0.39, 0.29) is 17.7 Å². The highest BCUT2D eigenvalue weighted by atomic mass is 79.9. The van der Waals surface area contributed by atoms with E-state index in [0.29, 0.717) is 19.0 Å². The van der Waals surface area contributed by atoms with Crippen LogP contribution in [0.3, 0.4) is 0 Å². The molecule has 1 N–H and O–H groups in total. The molecule has 2 fully saturated rings. The SMILES string of the molecule is O=C(Nc1cccc(Br)c1)C1CC(=O)N(C2CCCCC2)C1. The van der Waals surface area contributed by atoms with E-state index in [2.05, 4.69) is 21.2 Å². The molecule has 1 aliphatic carbocycles. The highest BCUT2D eigenvalue weighted by Gasteiger charge is 2.38. The third-order valence-corrected chi connectivity index (χ3v) is 5.13. The largest absolute Gasteiger partial charge is 0.339 e. The van der Waals surface area contributed by atoms with E-state index in [1.807, 2.05) is 29.2 Å². The lowest BCUT2D eigenvalue weighted by Crippen LogP contribution is -2.38. The van der Waals surface area contributed by atoms with E-state index >= 15 is 0 Å². The summed E-state index contributed by atoms with van der Waals surface area (Å²) in [6, 6.07) is 7.88. The molecule has 22 heavy (non-hydrogen) atoms. The predicted octanol–water partition coefficient (Wildman–Crippen LogP) is 3.57. The van der Waals surface area contributed by atoms with Crippen LogP contribution in [0.4, 0.5) is 5.69 Å². The molecule has 4 nitrogen and oxygen atoms in total. The molecule has 0 radical (unpaired) electrons. The summed E-state index contributed by atoms with van der Waals surface area (Å²) in [4.78, 5) is 26.6. The summed E-state index contributed by atoms with van der Waals surface area (Å²) < 4.78 is 0.927. The minimum Gasteiger partial charge on any atom is -0.339 e. The molecule has 2 amide bonds. The number of benzene rings is 1. The Kier molecular flexibility index (Phi) is 4.81. The Balaban J connectivity index is 1.61. The number of carbonyl (C=O) groups excluding carboxylic acids is 2. The molecule has 0 aromatic heterocycles. The van der Waals surface area contributed by atoms with Gasteiger partial charge in [-0.2, -0.15) is 0 Å². The number of halogens is 1. The summed E-state index contributed by atoms with van der Waals surface area (Å²) in [5.41, 5.74) is 0.767. The molecule has 2 aliphatic rings. The number of hydrogen-bond donors (Lipinski definition) is 1. The van der Waals surface area contributed by atoms with Gasteiger partial charge >= 0.3 is 0 Å². The van der Waals surface area contributed by atoms with Crippen LogP contribution in [0.2, 0.25) is 0 Å². The van der Waals surface area contributed by atoms with Gasteiger partial charge in [0.25, 0.3) is 0 Å². The van der Waals surface area contributed by atoms with Crippen molar-refractivity contribution in [3.05, 3.63) is 28.7 Å². The van der Waals surface area contributed by atoms with Gasteiger partial charge in [-0.1, -0.05) is 41.3 Å². The zero-order chi connectivity index (χ0) is 15.5. The molecule has 1 aliphatic heterocycles. The number of anilines is 1. The first-order chi connectivity index (χ1) is 10.6. The fraction of sp³-hybridized carbons (Fsp3) is 0.529. The van der Waals surface area contributed by atoms with E-state index in [1.54, 1.807) is 0 Å². The van der Waals surface area contributed by atoms with Gasteiger partial charge in [-0.3, -0.25) is 9.59 Å². The number of nitrogens with one attached hydrogen (secondary N) is 1. The van der Waals surface area contributed by atoms with Gasteiger partial charge in [0.1, 0.15) is 0 Å². The second-order valence-electron chi connectivity index (χ2n) is 6.24. The van der Waals surface area contributed by atoms with Crippen molar-refractivity contribution in [2.75, 3.05) is 11.9 Å². The maximum Gasteiger partial charge on any atom is 0.229 e. The van der Waals surface area contributed by atoms with Crippen molar-refractivity contribution in [1.29, 1.82) is 0 Å². The molecule has 1 aromatic rings. The number of hydrogen-bond acceptors (Lipinski definition) is 2. The van der Waals surface area contributed by atoms with E-state index < -0.39 is 0 Å². The first-order valence-corrected chi connectivity index (χ1v) is 8.78. The molecule has 1 heterocycles. The molecule has 1 saturated heterocycles. The van der Waals surface area contributed by atoms with E-state index in [1.165, 1.54) is 19.3 Å². The van der Waals surface area contributed by atoms with Crippen LogP contribution in [0.5, 0.6) is 0 Å². The fourth-order valence-corrected chi connectivity index (χ4v) is 3.86. The first kappa shape index (κ1) is 15.5. The minimum absolute atomic E-state index is 0.0511.